The number of aryl methyl sites for hydroxylation is 1. The normalized spacial score (nSPS) is 13.9. The molecule has 3 N–H and O–H groups in total. The maximum atomic E-state index is 12.2. The summed E-state index contributed by atoms with van der Waals surface area (Å²) in [5.41, 5.74) is 3.38. The van der Waals surface area contributed by atoms with Crippen molar-refractivity contribution in [3.63, 3.8) is 0 Å². The molecule has 1 unspecified atom stereocenters. The van der Waals surface area contributed by atoms with Crippen LogP contribution in [0.4, 0.5) is 13.2 Å². The van der Waals surface area contributed by atoms with Crippen molar-refractivity contribution in [3.05, 3.63) is 34.3 Å². The largest absolute Gasteiger partial charge is 0.390 e. The molecule has 6 heteroatoms. The van der Waals surface area contributed by atoms with E-state index in [4.69, 9.17) is 17.4 Å². The predicted octanol–water partition coefficient (Wildman–Crippen LogP) is 3.11. The summed E-state index contributed by atoms with van der Waals surface area (Å²) >= 11 is 5.84. The van der Waals surface area contributed by atoms with Gasteiger partial charge in [0.25, 0.3) is 0 Å². The van der Waals surface area contributed by atoms with E-state index in [9.17, 15) is 13.2 Å². The zero-order chi connectivity index (χ0) is 12.3. The number of nitrogens with one attached hydrogen (secondary N) is 1. The molecule has 0 aliphatic heterocycles. The molecule has 0 radical (unpaired) electrons. The van der Waals surface area contributed by atoms with Gasteiger partial charge in [-0.1, -0.05) is 23.7 Å². The van der Waals surface area contributed by atoms with Gasteiger partial charge in [0.2, 0.25) is 0 Å². The average molecular weight is 253 g/mol. The number of rotatable bonds is 3. The van der Waals surface area contributed by atoms with Crippen LogP contribution in [0.3, 0.4) is 0 Å². The molecule has 16 heavy (non-hydrogen) atoms. The van der Waals surface area contributed by atoms with E-state index in [1.54, 1.807) is 19.1 Å². The topological polar surface area (TPSA) is 38.0 Å². The number of halogens is 4. The van der Waals surface area contributed by atoms with E-state index in [0.29, 0.717) is 10.6 Å². The summed E-state index contributed by atoms with van der Waals surface area (Å²) in [6.45, 7) is 1.78. The molecule has 0 heterocycles. The monoisotopic (exact) mass is 252 g/mol. The Balaban J connectivity index is 2.91. The van der Waals surface area contributed by atoms with Gasteiger partial charge >= 0.3 is 6.18 Å². The maximum absolute atomic E-state index is 12.2. The lowest BCUT2D eigenvalue weighted by atomic mass is 10.0. The molecule has 1 aromatic carbocycles. The second-order valence-electron chi connectivity index (χ2n) is 3.55. The van der Waals surface area contributed by atoms with Crippen LogP contribution in [0.15, 0.2) is 18.2 Å². The summed E-state index contributed by atoms with van der Waals surface area (Å²) in [6, 6.07) is 3.77. The maximum Gasteiger partial charge on any atom is 0.390 e. The number of hydrazine groups is 1. The van der Waals surface area contributed by atoms with Gasteiger partial charge in [-0.2, -0.15) is 13.2 Å². The molecule has 0 spiro atoms. The number of hydrogen-bond acceptors (Lipinski definition) is 2. The summed E-state index contributed by atoms with van der Waals surface area (Å²) in [5, 5.41) is 0.430. The Hall–Kier alpha value is -0.780. The zero-order valence-corrected chi connectivity index (χ0v) is 9.36. The molecule has 0 saturated carbocycles. The lowest BCUT2D eigenvalue weighted by Gasteiger charge is -2.18. The summed E-state index contributed by atoms with van der Waals surface area (Å²) in [7, 11) is 0. The van der Waals surface area contributed by atoms with Crippen LogP contribution in [-0.2, 0) is 0 Å². The van der Waals surface area contributed by atoms with Crippen LogP contribution in [0.5, 0.6) is 0 Å². The lowest BCUT2D eigenvalue weighted by Crippen LogP contribution is -2.31. The van der Waals surface area contributed by atoms with Gasteiger partial charge in [0.1, 0.15) is 0 Å². The second-order valence-corrected chi connectivity index (χ2v) is 3.95. The van der Waals surface area contributed by atoms with Crippen LogP contribution >= 0.6 is 11.6 Å². The molecule has 0 aliphatic rings. The minimum absolute atomic E-state index is 0.426. The molecule has 0 amide bonds. The van der Waals surface area contributed by atoms with Crippen molar-refractivity contribution in [1.29, 1.82) is 0 Å². The number of alkyl halides is 3. The zero-order valence-electron chi connectivity index (χ0n) is 8.61. The first kappa shape index (κ1) is 13.3. The minimum atomic E-state index is -4.27. The fraction of sp³-hybridized carbons (Fsp3) is 0.400. The Bertz CT molecular complexity index is 366. The molecule has 0 aliphatic carbocycles. The number of nitrogens with two attached hydrogens (primary N) is 1. The van der Waals surface area contributed by atoms with Crippen molar-refractivity contribution in [1.82, 2.24) is 5.43 Å². The molecular formula is C10H12ClF3N2. The first-order valence-electron chi connectivity index (χ1n) is 4.62. The van der Waals surface area contributed by atoms with Gasteiger partial charge in [0.15, 0.2) is 0 Å². The standard InChI is InChI=1S/C10H12ClF3N2/c1-6-2-3-7(4-8(6)11)9(16-15)5-10(12,13)14/h2-4,9,16H,5,15H2,1H3. The SMILES string of the molecule is Cc1ccc(C(CC(F)(F)F)NN)cc1Cl. The van der Waals surface area contributed by atoms with E-state index >= 15 is 0 Å². The third kappa shape index (κ3) is 3.66. The van der Waals surface area contributed by atoms with Crippen molar-refractivity contribution in [2.45, 2.75) is 25.6 Å². The van der Waals surface area contributed by atoms with Crippen LogP contribution < -0.4 is 11.3 Å². The van der Waals surface area contributed by atoms with Crippen molar-refractivity contribution >= 4 is 11.6 Å². The third-order valence-corrected chi connectivity index (χ3v) is 2.64. The molecule has 0 saturated heterocycles. The lowest BCUT2D eigenvalue weighted by molar-refractivity contribution is -0.140. The van der Waals surface area contributed by atoms with E-state index in [1.807, 2.05) is 0 Å². The molecule has 0 aromatic heterocycles. The van der Waals surface area contributed by atoms with Gasteiger partial charge in [-0.05, 0) is 24.1 Å². The molecule has 1 atom stereocenters. The molecule has 0 fully saturated rings. The predicted molar refractivity (Wildman–Crippen MR) is 56.9 cm³/mol. The fourth-order valence-electron chi connectivity index (χ4n) is 1.33. The van der Waals surface area contributed by atoms with Gasteiger partial charge in [-0.25, -0.2) is 0 Å². The molecule has 1 rings (SSSR count). The first-order valence-corrected chi connectivity index (χ1v) is 5.00. The van der Waals surface area contributed by atoms with E-state index in [2.05, 4.69) is 5.43 Å². The van der Waals surface area contributed by atoms with Crippen molar-refractivity contribution in [3.8, 4) is 0 Å². The minimum Gasteiger partial charge on any atom is -0.271 e. The van der Waals surface area contributed by atoms with Crippen molar-refractivity contribution in [2.75, 3.05) is 0 Å². The van der Waals surface area contributed by atoms with Crippen molar-refractivity contribution < 1.29 is 13.2 Å². The summed E-state index contributed by atoms with van der Waals surface area (Å²) in [5.74, 6) is 5.11. The van der Waals surface area contributed by atoms with Crippen LogP contribution in [-0.4, -0.2) is 6.18 Å². The van der Waals surface area contributed by atoms with Crippen LogP contribution in [0.1, 0.15) is 23.6 Å². The Morgan fingerprint density at radius 2 is 2.06 bits per heavy atom. The smallest absolute Gasteiger partial charge is 0.271 e. The van der Waals surface area contributed by atoms with Crippen LogP contribution in [0.25, 0.3) is 0 Å². The Morgan fingerprint density at radius 1 is 1.44 bits per heavy atom. The Kier molecular flexibility index (Phi) is 4.18. The summed E-state index contributed by atoms with van der Waals surface area (Å²) in [4.78, 5) is 0. The summed E-state index contributed by atoms with van der Waals surface area (Å²) in [6.07, 6.45) is -5.29. The highest BCUT2D eigenvalue weighted by Gasteiger charge is 2.32. The Morgan fingerprint density at radius 3 is 2.50 bits per heavy atom. The average Bonchev–Trinajstić information content (AvgIpc) is 2.17. The first-order chi connectivity index (χ1) is 7.33. The molecule has 90 valence electrons. The molecule has 1 aromatic rings. The van der Waals surface area contributed by atoms with Crippen LogP contribution in [0, 0.1) is 6.92 Å². The van der Waals surface area contributed by atoms with Gasteiger partial charge in [-0.15, -0.1) is 0 Å². The Labute approximate surface area is 96.6 Å². The quantitative estimate of drug-likeness (QED) is 0.641. The summed E-state index contributed by atoms with van der Waals surface area (Å²) < 4.78 is 36.7. The molecular weight excluding hydrogens is 241 g/mol. The highest BCUT2D eigenvalue weighted by molar-refractivity contribution is 6.31. The van der Waals surface area contributed by atoms with E-state index < -0.39 is 18.6 Å². The highest BCUT2D eigenvalue weighted by atomic mass is 35.5. The number of benzene rings is 1. The van der Waals surface area contributed by atoms with Gasteiger partial charge in [0.05, 0.1) is 12.5 Å². The fourth-order valence-corrected chi connectivity index (χ4v) is 1.52. The third-order valence-electron chi connectivity index (χ3n) is 2.24. The van der Waals surface area contributed by atoms with Crippen LogP contribution in [0.2, 0.25) is 5.02 Å². The van der Waals surface area contributed by atoms with E-state index in [0.717, 1.165) is 5.56 Å². The number of hydrogen-bond donors (Lipinski definition) is 2. The van der Waals surface area contributed by atoms with E-state index in [1.165, 1.54) is 6.07 Å². The van der Waals surface area contributed by atoms with E-state index in [-0.39, 0.29) is 0 Å². The second kappa shape index (κ2) is 5.03. The van der Waals surface area contributed by atoms with Gasteiger partial charge < -0.3 is 0 Å². The molecule has 2 nitrogen and oxygen atoms in total. The van der Waals surface area contributed by atoms with Gasteiger partial charge in [0, 0.05) is 5.02 Å². The van der Waals surface area contributed by atoms with Gasteiger partial charge in [-0.3, -0.25) is 11.3 Å². The highest BCUT2D eigenvalue weighted by Crippen LogP contribution is 2.30. The van der Waals surface area contributed by atoms with Crippen molar-refractivity contribution in [2.24, 2.45) is 5.84 Å². The molecule has 0 bridgehead atoms.